The lowest BCUT2D eigenvalue weighted by Gasteiger charge is -2.41. The number of carbonyl (C=O) groups excluding carboxylic acids is 11. The van der Waals surface area contributed by atoms with Crippen molar-refractivity contribution in [2.24, 2.45) is 41.4 Å². The van der Waals surface area contributed by atoms with E-state index in [2.05, 4.69) is 38.0 Å². The largest absolute Gasteiger partial charge is 0.390 e. The number of allylic oxidation sites excluding steroid dienone is 2. The summed E-state index contributed by atoms with van der Waals surface area (Å²) in [6, 6.07) is -13.8. The Bertz CT molecular complexity index is 2560. The second kappa shape index (κ2) is 37.8. The molecular weight excluding hydrogens is 1190 g/mol. The molecule has 1 unspecified atom stereocenters. The van der Waals surface area contributed by atoms with Gasteiger partial charge in [0, 0.05) is 82.1 Å². The maximum Gasteiger partial charge on any atom is 0.246 e. The maximum atomic E-state index is 15.3. The Morgan fingerprint density at radius 2 is 0.892 bits per heavy atom. The van der Waals surface area contributed by atoms with Gasteiger partial charge >= 0.3 is 0 Å². The number of nitrogens with one attached hydrogen (secondary N) is 4. The van der Waals surface area contributed by atoms with E-state index in [-0.39, 0.29) is 43.4 Å². The predicted octanol–water partition coefficient (Wildman–Crippen LogP) is 2.88. The summed E-state index contributed by atoms with van der Waals surface area (Å²) >= 11 is 0. The van der Waals surface area contributed by atoms with Crippen LogP contribution in [-0.2, 0) is 52.7 Å². The Kier molecular flexibility index (Phi) is 33.7. The van der Waals surface area contributed by atoms with Gasteiger partial charge in [0.15, 0.2) is 0 Å². The number of aliphatic hydroxyl groups is 1. The molecule has 5 N–H and O–H groups in total. The molecule has 25 nitrogen and oxygen atoms in total. The molecule has 0 bridgehead atoms. The maximum absolute atomic E-state index is 15.3. The van der Waals surface area contributed by atoms with Gasteiger partial charge in [-0.05, 0) is 108 Å². The van der Waals surface area contributed by atoms with Crippen LogP contribution in [0, 0.1) is 41.4 Å². The Labute approximate surface area is 557 Å². The van der Waals surface area contributed by atoms with E-state index in [4.69, 9.17) is 0 Å². The molecular formula is C68H123N13O12. The minimum Gasteiger partial charge on any atom is -0.390 e. The van der Waals surface area contributed by atoms with Crippen LogP contribution in [0.5, 0.6) is 0 Å². The van der Waals surface area contributed by atoms with Gasteiger partial charge in [-0.15, -0.1) is 0 Å². The number of aliphatic hydroxyl groups excluding tert-OH is 1. The van der Waals surface area contributed by atoms with Crippen molar-refractivity contribution in [2.45, 2.75) is 229 Å². The van der Waals surface area contributed by atoms with Gasteiger partial charge in [0.05, 0.1) is 6.10 Å². The molecule has 2 saturated heterocycles. The van der Waals surface area contributed by atoms with Crippen LogP contribution in [-0.4, -0.2) is 275 Å². The molecule has 0 radical (unpaired) electrons. The Morgan fingerprint density at radius 3 is 1.37 bits per heavy atom. The van der Waals surface area contributed by atoms with Crippen LogP contribution in [0.1, 0.15) is 157 Å². The smallest absolute Gasteiger partial charge is 0.246 e. The van der Waals surface area contributed by atoms with Crippen molar-refractivity contribution in [3.8, 4) is 0 Å². The fraction of sp³-hybridized carbons (Fsp3) is 0.809. The number of carbonyl (C=O) groups is 11. The number of piperazine rings is 1. The summed E-state index contributed by atoms with van der Waals surface area (Å²) in [5.74, 6) is -10.2. The first-order chi connectivity index (χ1) is 43.1. The molecule has 0 aromatic carbocycles. The van der Waals surface area contributed by atoms with Crippen LogP contribution in [0.2, 0.25) is 0 Å². The van der Waals surface area contributed by atoms with E-state index in [9.17, 15) is 29.1 Å². The molecule has 14 atom stereocenters. The molecule has 2 aliphatic heterocycles. The van der Waals surface area contributed by atoms with Crippen LogP contribution >= 0.6 is 0 Å². The van der Waals surface area contributed by atoms with Gasteiger partial charge in [-0.3, -0.25) is 52.7 Å². The summed E-state index contributed by atoms with van der Waals surface area (Å²) in [6.45, 7) is 36.0. The zero-order chi connectivity index (χ0) is 71.5. The molecule has 11 amide bonds. The van der Waals surface area contributed by atoms with E-state index in [1.165, 1.54) is 99.5 Å². The normalized spacial score (nSPS) is 28.1. The SMILES string of the molecule is C/C=C/C[C@@H](C)[C@@H](O)[C@H]1C(=O)N[C@@H](CC)C(=O)N(C)[C@H](C)C(=O)N(C)C([C@@H](C)CN2CCN(CC)CC2)C(=O)N[C@@H](C(C)C)C(=O)N(C)[C@@H](CC(C)C)C(=O)N[C@@H](C)C(=O)N[C@H](C)C(=O)N(C)[C@@H](CC(C)C)C(=O)N(C)[C@@H](CC(C)C)C(=O)N(C)[C@@H](C(C)C)C(=O)N1C. The molecule has 0 saturated carbocycles. The molecule has 2 rings (SSSR count). The summed E-state index contributed by atoms with van der Waals surface area (Å²) < 4.78 is 0. The molecule has 2 heterocycles. The molecule has 93 heavy (non-hydrogen) atoms. The number of likely N-dealkylation sites (N-methyl/N-ethyl adjacent to an activating group) is 8. The zero-order valence-electron chi connectivity index (χ0n) is 61.4. The van der Waals surface area contributed by atoms with Crippen molar-refractivity contribution >= 4 is 65.0 Å². The topological polar surface area (TPSA) is 285 Å². The molecule has 0 aliphatic carbocycles. The number of amides is 11. The molecule has 532 valence electrons. The highest BCUT2D eigenvalue weighted by Gasteiger charge is 2.47. The second-order valence-electron chi connectivity index (χ2n) is 28.5. The van der Waals surface area contributed by atoms with Crippen molar-refractivity contribution in [2.75, 3.05) is 88.6 Å². The predicted molar refractivity (Wildman–Crippen MR) is 361 cm³/mol. The van der Waals surface area contributed by atoms with Crippen LogP contribution in [0.15, 0.2) is 12.2 Å². The van der Waals surface area contributed by atoms with Gasteiger partial charge in [0.1, 0.15) is 66.5 Å². The van der Waals surface area contributed by atoms with Gasteiger partial charge < -0.3 is 70.5 Å². The van der Waals surface area contributed by atoms with Gasteiger partial charge in [-0.1, -0.05) is 109 Å². The van der Waals surface area contributed by atoms with Crippen molar-refractivity contribution in [3.63, 3.8) is 0 Å². The molecule has 0 aromatic heterocycles. The molecule has 25 heteroatoms. The summed E-state index contributed by atoms with van der Waals surface area (Å²) in [7, 11) is 10.1. The van der Waals surface area contributed by atoms with Gasteiger partial charge in [-0.25, -0.2) is 0 Å². The number of rotatable bonds is 17. The quantitative estimate of drug-likeness (QED) is 0.131. The van der Waals surface area contributed by atoms with Crippen molar-refractivity contribution in [3.05, 3.63) is 12.2 Å². The summed E-state index contributed by atoms with van der Waals surface area (Å²) in [5.41, 5.74) is 0. The van der Waals surface area contributed by atoms with E-state index in [1.807, 2.05) is 61.5 Å². The first-order valence-electron chi connectivity index (χ1n) is 34.0. The van der Waals surface area contributed by atoms with Gasteiger partial charge in [0.2, 0.25) is 65.0 Å². The molecule has 2 aliphatic rings. The van der Waals surface area contributed by atoms with E-state index >= 15 is 28.8 Å². The number of hydrogen-bond donors (Lipinski definition) is 5. The molecule has 2 fully saturated rings. The lowest BCUT2D eigenvalue weighted by molar-refractivity contribution is -0.157. The minimum absolute atomic E-state index is 0.0107. The van der Waals surface area contributed by atoms with Gasteiger partial charge in [0.25, 0.3) is 0 Å². The van der Waals surface area contributed by atoms with E-state index in [0.717, 1.165) is 24.5 Å². The first-order valence-corrected chi connectivity index (χ1v) is 34.0. The number of nitrogens with zero attached hydrogens (tertiary/aromatic N) is 9. The highest BCUT2D eigenvalue weighted by molar-refractivity contribution is 6.00. The van der Waals surface area contributed by atoms with E-state index in [0.29, 0.717) is 26.1 Å². The Hall–Kier alpha value is -6.21. The standard InChI is InChI=1S/C68H123N13O12/c1-26-29-30-44(14)57(82)56-61(86)71-49(27-2)64(89)73(19)48(18)63(88)78(24)55(45(15)38-81-33-31-80(28-3)32-34-81)60(85)72-53(42(10)11)67(92)74(20)50(35-39(4)5)59(84)69-46(16)58(83)70-47(17)62(87)75(21)51(36-40(6)7)65(90)76(22)52(37-41(8)9)66(91)77(23)54(43(12)13)68(93)79(56)25/h26,29,39-57,82H,27-28,30-38H2,1-25H3,(H,69,84)(H,70,83)(H,71,86)(H,72,85)/b29-26+/t44-,45+,46+,47-,48-,49+,50+,51+,52+,53+,54+,55?,56+,57-/m1/s1. The third-order valence-corrected chi connectivity index (χ3v) is 18.8. The summed E-state index contributed by atoms with van der Waals surface area (Å²) in [6.07, 6.45) is 2.86. The fourth-order valence-corrected chi connectivity index (χ4v) is 12.6. The van der Waals surface area contributed by atoms with Gasteiger partial charge in [-0.2, -0.15) is 0 Å². The summed E-state index contributed by atoms with van der Waals surface area (Å²) in [4.78, 5) is 177. The third-order valence-electron chi connectivity index (χ3n) is 18.8. The van der Waals surface area contributed by atoms with Crippen LogP contribution < -0.4 is 21.3 Å². The van der Waals surface area contributed by atoms with Crippen LogP contribution in [0.4, 0.5) is 0 Å². The lowest BCUT2D eigenvalue weighted by atomic mass is 9.91. The van der Waals surface area contributed by atoms with E-state index in [1.54, 1.807) is 47.6 Å². The van der Waals surface area contributed by atoms with Crippen molar-refractivity contribution in [1.82, 2.24) is 65.4 Å². The average Bonchev–Trinajstić information content (AvgIpc) is 0.822. The van der Waals surface area contributed by atoms with Crippen molar-refractivity contribution in [1.29, 1.82) is 0 Å². The van der Waals surface area contributed by atoms with Crippen LogP contribution in [0.3, 0.4) is 0 Å². The van der Waals surface area contributed by atoms with Crippen molar-refractivity contribution < 1.29 is 57.8 Å². The molecule has 0 spiro atoms. The molecule has 0 aromatic rings. The highest BCUT2D eigenvalue weighted by Crippen LogP contribution is 2.26. The lowest BCUT2D eigenvalue weighted by Crippen LogP contribution is -2.64. The Morgan fingerprint density at radius 1 is 0.452 bits per heavy atom. The van der Waals surface area contributed by atoms with Crippen LogP contribution in [0.25, 0.3) is 0 Å². The average molecular weight is 1310 g/mol. The number of hydrogen-bond acceptors (Lipinski definition) is 14. The second-order valence-corrected chi connectivity index (χ2v) is 28.5. The minimum atomic E-state index is -1.63. The Balaban J connectivity index is 3.05. The summed E-state index contributed by atoms with van der Waals surface area (Å²) in [5, 5.41) is 23.4. The van der Waals surface area contributed by atoms with E-state index < -0.39 is 161 Å². The zero-order valence-corrected chi connectivity index (χ0v) is 61.4. The first kappa shape index (κ1) is 82.9. The highest BCUT2D eigenvalue weighted by atomic mass is 16.3. The fourth-order valence-electron chi connectivity index (χ4n) is 12.6. The third kappa shape index (κ3) is 22.5. The monoisotopic (exact) mass is 1310 g/mol.